The quantitative estimate of drug-likeness (QED) is 0.822. The molecule has 0 aromatic carbocycles. The Morgan fingerprint density at radius 1 is 1.14 bits per heavy atom. The topological polar surface area (TPSA) is 92.9 Å². The van der Waals surface area contributed by atoms with Crippen molar-refractivity contribution in [1.29, 1.82) is 0 Å². The Labute approximate surface area is 122 Å². The van der Waals surface area contributed by atoms with Crippen molar-refractivity contribution in [2.45, 2.75) is 25.7 Å². The Balaban J connectivity index is 1.58. The maximum absolute atomic E-state index is 5.81. The number of ether oxygens (including phenoxy) is 1. The highest BCUT2D eigenvalue weighted by atomic mass is 16.5. The number of aromatic amines is 1. The van der Waals surface area contributed by atoms with Gasteiger partial charge in [-0.3, -0.25) is 0 Å². The van der Waals surface area contributed by atoms with Crippen molar-refractivity contribution in [3.63, 3.8) is 0 Å². The van der Waals surface area contributed by atoms with E-state index in [-0.39, 0.29) is 5.95 Å². The van der Waals surface area contributed by atoms with Gasteiger partial charge in [0.05, 0.1) is 6.33 Å². The molecule has 0 atom stereocenters. The lowest BCUT2D eigenvalue weighted by molar-refractivity contribution is 0.00208. The molecule has 0 saturated carbocycles. The van der Waals surface area contributed by atoms with Crippen LogP contribution in [0.1, 0.15) is 25.7 Å². The van der Waals surface area contributed by atoms with Crippen molar-refractivity contribution < 1.29 is 4.74 Å². The van der Waals surface area contributed by atoms with Crippen molar-refractivity contribution in [3.05, 3.63) is 6.33 Å². The van der Waals surface area contributed by atoms with E-state index >= 15 is 0 Å². The molecule has 0 aliphatic carbocycles. The molecule has 2 fully saturated rings. The lowest BCUT2D eigenvalue weighted by atomic mass is 9.72. The van der Waals surface area contributed by atoms with Crippen LogP contribution in [0.15, 0.2) is 6.33 Å². The van der Waals surface area contributed by atoms with Crippen LogP contribution in [-0.2, 0) is 4.74 Å². The fourth-order valence-electron chi connectivity index (χ4n) is 3.56. The third-order valence-electron chi connectivity index (χ3n) is 4.96. The summed E-state index contributed by atoms with van der Waals surface area (Å²) in [6, 6.07) is 0. The number of piperidine rings is 1. The van der Waals surface area contributed by atoms with Gasteiger partial charge in [0.25, 0.3) is 0 Å². The van der Waals surface area contributed by atoms with Crippen LogP contribution >= 0.6 is 0 Å². The van der Waals surface area contributed by atoms with Gasteiger partial charge in [-0.25, -0.2) is 4.98 Å². The molecule has 0 unspecified atom stereocenters. The predicted octanol–water partition coefficient (Wildman–Crippen LogP) is 1.33. The van der Waals surface area contributed by atoms with Crippen molar-refractivity contribution in [1.82, 2.24) is 19.9 Å². The third-order valence-corrected chi connectivity index (χ3v) is 4.96. The van der Waals surface area contributed by atoms with E-state index in [0.29, 0.717) is 11.1 Å². The third kappa shape index (κ3) is 2.21. The fourth-order valence-corrected chi connectivity index (χ4v) is 3.56. The van der Waals surface area contributed by atoms with Crippen LogP contribution in [0, 0.1) is 5.41 Å². The SMILES string of the molecule is Nc1nc(N2CCC3(CCOCC3)CC2)c2[nH]cnc2n1. The summed E-state index contributed by atoms with van der Waals surface area (Å²) >= 11 is 0. The summed E-state index contributed by atoms with van der Waals surface area (Å²) in [5, 5.41) is 0. The second-order valence-electron chi connectivity index (χ2n) is 6.11. The van der Waals surface area contributed by atoms with E-state index in [1.165, 1.54) is 25.7 Å². The Morgan fingerprint density at radius 2 is 1.90 bits per heavy atom. The van der Waals surface area contributed by atoms with Gasteiger partial charge in [0.1, 0.15) is 5.52 Å². The van der Waals surface area contributed by atoms with E-state index < -0.39 is 0 Å². The molecule has 3 N–H and O–H groups in total. The Morgan fingerprint density at radius 3 is 2.67 bits per heavy atom. The highest BCUT2D eigenvalue weighted by Gasteiger charge is 2.36. The zero-order valence-electron chi connectivity index (χ0n) is 12.0. The van der Waals surface area contributed by atoms with Crippen molar-refractivity contribution in [3.8, 4) is 0 Å². The maximum Gasteiger partial charge on any atom is 0.224 e. The number of rotatable bonds is 1. The smallest absolute Gasteiger partial charge is 0.224 e. The summed E-state index contributed by atoms with van der Waals surface area (Å²) in [5.41, 5.74) is 7.80. The lowest BCUT2D eigenvalue weighted by Crippen LogP contribution is -2.43. The second kappa shape index (κ2) is 4.84. The van der Waals surface area contributed by atoms with Crippen LogP contribution in [0.4, 0.5) is 11.8 Å². The largest absolute Gasteiger partial charge is 0.381 e. The average molecular weight is 288 g/mol. The number of nitrogens with one attached hydrogen (secondary N) is 1. The molecule has 2 aliphatic rings. The number of hydrogen-bond acceptors (Lipinski definition) is 6. The van der Waals surface area contributed by atoms with E-state index in [4.69, 9.17) is 10.5 Å². The van der Waals surface area contributed by atoms with Gasteiger partial charge in [-0.2, -0.15) is 9.97 Å². The van der Waals surface area contributed by atoms with Gasteiger partial charge in [-0.05, 0) is 31.1 Å². The summed E-state index contributed by atoms with van der Waals surface area (Å²) in [6.07, 6.45) is 6.40. The monoisotopic (exact) mass is 288 g/mol. The van der Waals surface area contributed by atoms with Gasteiger partial charge >= 0.3 is 0 Å². The molecule has 2 saturated heterocycles. The molecular weight excluding hydrogens is 268 g/mol. The average Bonchev–Trinajstić information content (AvgIpc) is 2.96. The highest BCUT2D eigenvalue weighted by molar-refractivity contribution is 5.84. The maximum atomic E-state index is 5.81. The Bertz CT molecular complexity index is 638. The van der Waals surface area contributed by atoms with Gasteiger partial charge in [0.15, 0.2) is 11.5 Å². The molecule has 0 amide bonds. The van der Waals surface area contributed by atoms with Crippen molar-refractivity contribution in [2.24, 2.45) is 5.41 Å². The molecular formula is C14H20N6O. The highest BCUT2D eigenvalue weighted by Crippen LogP contribution is 2.41. The summed E-state index contributed by atoms with van der Waals surface area (Å²) < 4.78 is 5.51. The Hall–Kier alpha value is -1.89. The number of nitrogen functional groups attached to an aromatic ring is 1. The number of H-pyrrole nitrogens is 1. The standard InChI is InChI=1S/C14H20N6O/c15-13-18-11-10(16-9-17-11)12(19-13)20-5-1-14(2-6-20)3-7-21-8-4-14/h9H,1-8H2,(H3,15,16,17,18,19). The summed E-state index contributed by atoms with van der Waals surface area (Å²) in [5.74, 6) is 1.17. The number of hydrogen-bond donors (Lipinski definition) is 2. The summed E-state index contributed by atoms with van der Waals surface area (Å²) in [7, 11) is 0. The summed E-state index contributed by atoms with van der Waals surface area (Å²) in [6.45, 7) is 3.83. The van der Waals surface area contributed by atoms with Gasteiger partial charge in [0, 0.05) is 26.3 Å². The molecule has 21 heavy (non-hydrogen) atoms. The van der Waals surface area contributed by atoms with E-state index in [0.717, 1.165) is 37.6 Å². The molecule has 2 aliphatic heterocycles. The van der Waals surface area contributed by atoms with Crippen LogP contribution in [-0.4, -0.2) is 46.2 Å². The molecule has 0 bridgehead atoms. The van der Waals surface area contributed by atoms with Crippen LogP contribution in [0.5, 0.6) is 0 Å². The fraction of sp³-hybridized carbons (Fsp3) is 0.643. The first kappa shape index (κ1) is 12.8. The van der Waals surface area contributed by atoms with Gasteiger partial charge in [-0.1, -0.05) is 0 Å². The minimum atomic E-state index is 0.288. The Kier molecular flexibility index (Phi) is 2.95. The normalized spacial score (nSPS) is 22.0. The molecule has 112 valence electrons. The zero-order chi connectivity index (χ0) is 14.3. The lowest BCUT2D eigenvalue weighted by Gasteiger charge is -2.44. The van der Waals surface area contributed by atoms with E-state index in [1.54, 1.807) is 6.33 Å². The first-order chi connectivity index (χ1) is 10.3. The van der Waals surface area contributed by atoms with Crippen molar-refractivity contribution >= 4 is 22.9 Å². The minimum Gasteiger partial charge on any atom is -0.381 e. The van der Waals surface area contributed by atoms with Gasteiger partial charge < -0.3 is 20.4 Å². The molecule has 4 rings (SSSR count). The summed E-state index contributed by atoms with van der Waals surface area (Å²) in [4.78, 5) is 18.2. The number of anilines is 2. The number of nitrogens with zero attached hydrogens (tertiary/aromatic N) is 4. The van der Waals surface area contributed by atoms with Crippen LogP contribution < -0.4 is 10.6 Å². The molecule has 2 aromatic heterocycles. The van der Waals surface area contributed by atoms with Crippen molar-refractivity contribution in [2.75, 3.05) is 36.9 Å². The number of aromatic nitrogens is 4. The molecule has 1 spiro atoms. The van der Waals surface area contributed by atoms with Crippen LogP contribution in [0.2, 0.25) is 0 Å². The number of fused-ring (bicyclic) bond motifs is 1. The molecule has 0 radical (unpaired) electrons. The first-order valence-electron chi connectivity index (χ1n) is 7.55. The minimum absolute atomic E-state index is 0.288. The molecule has 2 aromatic rings. The number of imidazole rings is 1. The zero-order valence-corrected chi connectivity index (χ0v) is 12.0. The van der Waals surface area contributed by atoms with Crippen LogP contribution in [0.25, 0.3) is 11.2 Å². The molecule has 4 heterocycles. The van der Waals surface area contributed by atoms with Crippen LogP contribution in [0.3, 0.4) is 0 Å². The van der Waals surface area contributed by atoms with E-state index in [9.17, 15) is 0 Å². The predicted molar refractivity (Wildman–Crippen MR) is 80.0 cm³/mol. The second-order valence-corrected chi connectivity index (χ2v) is 6.11. The number of nitrogens with two attached hydrogens (primary N) is 1. The van der Waals surface area contributed by atoms with E-state index in [2.05, 4.69) is 24.8 Å². The van der Waals surface area contributed by atoms with Gasteiger partial charge in [0.2, 0.25) is 5.95 Å². The van der Waals surface area contributed by atoms with Gasteiger partial charge in [-0.15, -0.1) is 0 Å². The molecule has 7 heteroatoms. The van der Waals surface area contributed by atoms with E-state index in [1.807, 2.05) is 0 Å². The molecule has 7 nitrogen and oxygen atoms in total. The first-order valence-corrected chi connectivity index (χ1v) is 7.55.